The number of rotatable bonds is 39. The second-order valence-electron chi connectivity index (χ2n) is 39.4. The number of alkyl halides is 36. The number of unbranched alkanes of at least 4 members (excludes halogenated alkanes) is 7. The van der Waals surface area contributed by atoms with Crippen molar-refractivity contribution in [2.24, 2.45) is 94.7 Å². The predicted octanol–water partition coefficient (Wildman–Crippen LogP) is 37.3. The van der Waals surface area contributed by atoms with Gasteiger partial charge in [-0.1, -0.05) is 227 Å². The second-order valence-corrected chi connectivity index (χ2v) is 39.4. The molecule has 0 saturated heterocycles. The third-order valence-corrected chi connectivity index (χ3v) is 30.7. The van der Waals surface area contributed by atoms with Crippen molar-refractivity contribution in [3.8, 4) is 0 Å². The highest BCUT2D eigenvalue weighted by molar-refractivity contribution is 5.05. The normalized spacial score (nSPS) is 28.8. The van der Waals surface area contributed by atoms with E-state index in [-0.39, 0.29) is 23.7 Å². The van der Waals surface area contributed by atoms with Crippen molar-refractivity contribution in [2.75, 3.05) is 0 Å². The fraction of sp³-hybridized carbons (Fsp3) is 1.00. The first-order valence-electron chi connectivity index (χ1n) is 47.2. The molecule has 0 N–H and O–H groups in total. The van der Waals surface area contributed by atoms with Gasteiger partial charge >= 0.3 is 95.8 Å². The highest BCUT2D eigenvalue weighted by atomic mass is 19.5. The molecule has 0 nitrogen and oxygen atoms in total. The zero-order chi connectivity index (χ0) is 96.1. The molecule has 0 aromatic heterocycles. The first-order valence-corrected chi connectivity index (χ1v) is 47.2. The average molecular weight is 1920 g/mol. The van der Waals surface area contributed by atoms with Crippen molar-refractivity contribution >= 4 is 0 Å². The number of hydrogen-bond acceptors (Lipinski definition) is 0. The van der Waals surface area contributed by atoms with Gasteiger partial charge in [-0.05, 0) is 223 Å². The average Bonchev–Trinajstić information content (AvgIpc) is 0.756. The Balaban J connectivity index is 0.000000301. The van der Waals surface area contributed by atoms with E-state index in [1.54, 1.807) is 0 Å². The zero-order valence-corrected chi connectivity index (χ0v) is 73.7. The Bertz CT molecular complexity index is 3000. The molecule has 0 aromatic carbocycles. The Morgan fingerprint density at radius 2 is 0.283 bits per heavy atom. The molecule has 0 spiro atoms. The predicted molar refractivity (Wildman–Crippen MR) is 416 cm³/mol. The van der Waals surface area contributed by atoms with Gasteiger partial charge in [-0.25, -0.2) is 0 Å². The highest BCUT2D eigenvalue weighted by Crippen LogP contribution is 2.61. The van der Waals surface area contributed by atoms with Crippen molar-refractivity contribution in [3.63, 3.8) is 0 Å². The highest BCUT2D eigenvalue weighted by Gasteiger charge is 2.85. The summed E-state index contributed by atoms with van der Waals surface area (Å²) in [5.41, 5.74) is 0. The maximum absolute atomic E-state index is 13.8. The minimum atomic E-state index is -6.78. The summed E-state index contributed by atoms with van der Waals surface area (Å²) in [7, 11) is 0. The van der Waals surface area contributed by atoms with Crippen molar-refractivity contribution in [3.05, 3.63) is 0 Å². The van der Waals surface area contributed by atoms with Crippen molar-refractivity contribution in [2.45, 2.75) is 477 Å². The monoisotopic (exact) mass is 1920 g/mol. The van der Waals surface area contributed by atoms with E-state index >= 15 is 0 Å². The second kappa shape index (κ2) is 48.0. The lowest BCUT2D eigenvalue weighted by Crippen LogP contribution is -2.60. The van der Waals surface area contributed by atoms with Crippen molar-refractivity contribution in [1.29, 1.82) is 0 Å². The lowest BCUT2D eigenvalue weighted by Gasteiger charge is -2.38. The van der Waals surface area contributed by atoms with E-state index in [1.807, 2.05) is 0 Å². The molecule has 127 heavy (non-hydrogen) atoms. The molecular weight excluding hydrogens is 1780 g/mol. The smallest absolute Gasteiger partial charge is 0.200 e. The maximum atomic E-state index is 13.8. The van der Waals surface area contributed by atoms with Gasteiger partial charge in [0.25, 0.3) is 0 Å². The minimum absolute atomic E-state index is 0.348. The molecule has 0 aliphatic heterocycles. The lowest BCUT2D eigenvalue weighted by atomic mass is 9.68. The van der Waals surface area contributed by atoms with Crippen LogP contribution in [0.4, 0.5) is 158 Å². The topological polar surface area (TPSA) is 0 Å². The fourth-order valence-corrected chi connectivity index (χ4v) is 22.0. The Labute approximate surface area is 727 Å². The van der Waals surface area contributed by atoms with Crippen LogP contribution in [0.3, 0.4) is 0 Å². The molecule has 0 amide bonds. The van der Waals surface area contributed by atoms with Crippen LogP contribution >= 0.6 is 0 Å². The van der Waals surface area contributed by atoms with Crippen LogP contribution < -0.4 is 0 Å². The van der Waals surface area contributed by atoms with E-state index in [0.29, 0.717) is 98.7 Å². The Kier molecular flexibility index (Phi) is 43.4. The van der Waals surface area contributed by atoms with Gasteiger partial charge in [0, 0.05) is 25.7 Å². The summed E-state index contributed by atoms with van der Waals surface area (Å²) in [4.78, 5) is 0. The van der Waals surface area contributed by atoms with Gasteiger partial charge in [-0.2, -0.15) is 158 Å². The van der Waals surface area contributed by atoms with E-state index in [4.69, 9.17) is 0 Å². The largest absolute Gasteiger partial charge is 0.460 e. The summed E-state index contributed by atoms with van der Waals surface area (Å²) < 4.78 is 468. The summed E-state index contributed by atoms with van der Waals surface area (Å²) in [5, 5.41) is 0. The molecule has 0 aromatic rings. The van der Waals surface area contributed by atoms with Crippen LogP contribution in [0.1, 0.15) is 381 Å². The quantitative estimate of drug-likeness (QED) is 0.0425. The Morgan fingerprint density at radius 3 is 0.449 bits per heavy atom. The van der Waals surface area contributed by atoms with Crippen LogP contribution in [-0.2, 0) is 0 Å². The van der Waals surface area contributed by atoms with Crippen LogP contribution in [0, 0.1) is 94.7 Å². The molecule has 8 saturated carbocycles. The van der Waals surface area contributed by atoms with Crippen LogP contribution in [0.25, 0.3) is 0 Å². The summed E-state index contributed by atoms with van der Waals surface area (Å²) >= 11 is 0. The first-order chi connectivity index (χ1) is 58.4. The van der Waals surface area contributed by atoms with Crippen LogP contribution in [0.15, 0.2) is 0 Å². The maximum Gasteiger partial charge on any atom is 0.460 e. The summed E-state index contributed by atoms with van der Waals surface area (Å²) in [6, 6.07) is 0. The van der Waals surface area contributed by atoms with E-state index < -0.39 is 147 Å². The number of halogens is 36. The van der Waals surface area contributed by atoms with Gasteiger partial charge in [0.15, 0.2) is 0 Å². The van der Waals surface area contributed by atoms with E-state index in [9.17, 15) is 158 Å². The lowest BCUT2D eigenvalue weighted by molar-refractivity contribution is -0.397. The van der Waals surface area contributed by atoms with Crippen molar-refractivity contribution < 1.29 is 158 Å². The van der Waals surface area contributed by atoms with Gasteiger partial charge in [-0.15, -0.1) is 0 Å². The zero-order valence-electron chi connectivity index (χ0n) is 73.7. The standard InChI is InChI=1S/C25H39F9.C23H35F9.C22H33F9.C21H31F9/c1-2-3-4-5-6-7-18-8-12-20(13-9-18)21-14-10-19(11-15-21)16-17-22(26,27)23(28,29)24(30,31)25(32,33)34;1-2-3-4-5-16-6-10-18(11-7-16)19-12-8-17(9-13-19)14-15-20(24,25)21(26,27)22(28,29)23(30,31)32;1-2-3-4-15-5-9-17(10-6-15)18-11-7-16(8-12-18)13-14-19(23,24)20(25,26)21(27,28)22(29,30)31;1-2-3-14-4-8-16(9-5-14)17-10-6-15(7-11-17)12-13-18(22,23)19(24,25)20(26,27)21(28,29)30/h18-21H,2-17H2,1H3;16-19H,2-15H2,1H3;15-18H,2-14H2,1H3;14-17H,2-13H2,1H3. The van der Waals surface area contributed by atoms with Crippen LogP contribution in [-0.4, -0.2) is 95.8 Å². The van der Waals surface area contributed by atoms with E-state index in [1.165, 1.54) is 148 Å². The summed E-state index contributed by atoms with van der Waals surface area (Å²) in [6.07, 6.45) is 12.2. The molecule has 36 heteroatoms. The van der Waals surface area contributed by atoms with Gasteiger partial charge in [0.1, 0.15) is 0 Å². The Hall–Kier alpha value is -2.52. The third kappa shape index (κ3) is 30.5. The van der Waals surface area contributed by atoms with Crippen LogP contribution in [0.2, 0.25) is 0 Å². The molecule has 0 atom stereocenters. The van der Waals surface area contributed by atoms with E-state index in [0.717, 1.165) is 126 Å². The molecule has 8 aliphatic rings. The van der Waals surface area contributed by atoms with Gasteiger partial charge in [-0.3, -0.25) is 0 Å². The molecule has 8 fully saturated rings. The Morgan fingerprint density at radius 1 is 0.142 bits per heavy atom. The fourth-order valence-electron chi connectivity index (χ4n) is 22.0. The molecule has 0 radical (unpaired) electrons. The molecule has 0 unspecified atom stereocenters. The van der Waals surface area contributed by atoms with Gasteiger partial charge < -0.3 is 0 Å². The SMILES string of the molecule is CCCC1CCC(C2CCC(CCC(F)(F)C(F)(F)C(F)(F)C(F)(F)F)CC2)CC1.CCCCC1CCC(C2CCC(CCC(F)(F)C(F)(F)C(F)(F)C(F)(F)F)CC2)CC1.CCCCCC1CCC(C2CCC(CCC(F)(F)C(F)(F)C(F)(F)C(F)(F)F)CC2)CC1.CCCCCCCC1CCC(C2CCC(CCC(F)(F)C(F)(F)C(F)(F)C(F)(F)F)CC2)CC1. The summed E-state index contributed by atoms with van der Waals surface area (Å²) in [6.45, 7) is 8.71. The number of hydrogen-bond donors (Lipinski definition) is 0. The van der Waals surface area contributed by atoms with Crippen molar-refractivity contribution in [1.82, 2.24) is 0 Å². The van der Waals surface area contributed by atoms with Crippen LogP contribution in [0.5, 0.6) is 0 Å². The first kappa shape index (κ1) is 115. The van der Waals surface area contributed by atoms with E-state index in [2.05, 4.69) is 27.7 Å². The minimum Gasteiger partial charge on any atom is -0.200 e. The molecule has 8 aliphatic carbocycles. The molecular formula is C91H138F36. The summed E-state index contributed by atoms with van der Waals surface area (Å²) in [5.74, 6) is -68.9. The third-order valence-electron chi connectivity index (χ3n) is 30.7. The molecule has 0 heterocycles. The molecule has 0 bridgehead atoms. The van der Waals surface area contributed by atoms with Gasteiger partial charge in [0.05, 0.1) is 0 Å². The molecule has 8 rings (SSSR count). The molecule has 754 valence electrons. The van der Waals surface area contributed by atoms with Gasteiger partial charge in [0.2, 0.25) is 0 Å².